The molecule has 0 amide bonds. The van der Waals surface area contributed by atoms with E-state index in [4.69, 9.17) is 4.74 Å². The molecule has 0 aromatic carbocycles. The SMILES string of the molecule is CCCCCCC(/C=C/C(=O)OC)OC(C)=O. The lowest BCUT2D eigenvalue weighted by Gasteiger charge is -2.12. The van der Waals surface area contributed by atoms with Crippen LogP contribution in [0.5, 0.6) is 0 Å². The fourth-order valence-corrected chi connectivity index (χ4v) is 1.43. The van der Waals surface area contributed by atoms with Crippen LogP contribution in [-0.2, 0) is 19.1 Å². The van der Waals surface area contributed by atoms with Crippen LogP contribution in [0.1, 0.15) is 46.0 Å². The molecule has 0 aromatic rings. The zero-order chi connectivity index (χ0) is 13.1. The van der Waals surface area contributed by atoms with Crippen LogP contribution in [0.2, 0.25) is 0 Å². The van der Waals surface area contributed by atoms with Gasteiger partial charge in [0.25, 0.3) is 0 Å². The summed E-state index contributed by atoms with van der Waals surface area (Å²) in [6.07, 6.45) is 7.73. The van der Waals surface area contributed by atoms with Gasteiger partial charge in [0.1, 0.15) is 6.10 Å². The quantitative estimate of drug-likeness (QED) is 0.373. The summed E-state index contributed by atoms with van der Waals surface area (Å²) in [4.78, 5) is 21.8. The number of unbranched alkanes of at least 4 members (excludes halogenated alkanes) is 3. The van der Waals surface area contributed by atoms with Crippen LogP contribution < -0.4 is 0 Å². The molecule has 0 rings (SSSR count). The van der Waals surface area contributed by atoms with Crippen LogP contribution in [0.15, 0.2) is 12.2 Å². The molecule has 4 nitrogen and oxygen atoms in total. The Hall–Kier alpha value is -1.32. The van der Waals surface area contributed by atoms with Crippen LogP contribution in [0.25, 0.3) is 0 Å². The number of hydrogen-bond acceptors (Lipinski definition) is 4. The standard InChI is InChI=1S/C13H22O4/c1-4-5-6-7-8-12(17-11(2)14)9-10-13(15)16-3/h9-10,12H,4-8H2,1-3H3/b10-9+. The summed E-state index contributed by atoms with van der Waals surface area (Å²) < 4.78 is 9.57. The van der Waals surface area contributed by atoms with E-state index in [2.05, 4.69) is 11.7 Å². The third-order valence-corrected chi connectivity index (χ3v) is 2.31. The largest absolute Gasteiger partial charge is 0.466 e. The molecule has 0 radical (unpaired) electrons. The van der Waals surface area contributed by atoms with Crippen molar-refractivity contribution in [1.29, 1.82) is 0 Å². The third kappa shape index (κ3) is 9.60. The number of hydrogen-bond donors (Lipinski definition) is 0. The van der Waals surface area contributed by atoms with Crippen molar-refractivity contribution in [1.82, 2.24) is 0 Å². The predicted molar refractivity (Wildman–Crippen MR) is 65.5 cm³/mol. The average Bonchev–Trinajstić information content (AvgIpc) is 2.30. The van der Waals surface area contributed by atoms with Crippen molar-refractivity contribution in [2.45, 2.75) is 52.1 Å². The second kappa shape index (κ2) is 9.87. The molecule has 0 saturated heterocycles. The topological polar surface area (TPSA) is 52.6 Å². The van der Waals surface area contributed by atoms with Crippen molar-refractivity contribution in [3.05, 3.63) is 12.2 Å². The van der Waals surface area contributed by atoms with E-state index < -0.39 is 5.97 Å². The fraction of sp³-hybridized carbons (Fsp3) is 0.692. The molecule has 0 aromatic heterocycles. The molecule has 0 heterocycles. The zero-order valence-electron chi connectivity index (χ0n) is 10.9. The lowest BCUT2D eigenvalue weighted by molar-refractivity contribution is -0.144. The number of carbonyl (C=O) groups is 2. The summed E-state index contributed by atoms with van der Waals surface area (Å²) in [7, 11) is 1.31. The molecule has 0 saturated carbocycles. The highest BCUT2D eigenvalue weighted by Crippen LogP contribution is 2.10. The molecule has 0 aliphatic rings. The van der Waals surface area contributed by atoms with Gasteiger partial charge in [0.15, 0.2) is 0 Å². The van der Waals surface area contributed by atoms with Gasteiger partial charge in [-0.3, -0.25) is 4.79 Å². The number of rotatable bonds is 8. The van der Waals surface area contributed by atoms with Gasteiger partial charge in [-0.15, -0.1) is 0 Å². The van der Waals surface area contributed by atoms with E-state index in [0.717, 1.165) is 25.7 Å². The summed E-state index contributed by atoms with van der Waals surface area (Å²) in [6, 6.07) is 0. The number of carbonyl (C=O) groups excluding carboxylic acids is 2. The van der Waals surface area contributed by atoms with Gasteiger partial charge in [-0.2, -0.15) is 0 Å². The van der Waals surface area contributed by atoms with E-state index in [1.54, 1.807) is 6.08 Å². The van der Waals surface area contributed by atoms with Gasteiger partial charge in [0, 0.05) is 13.0 Å². The minimum atomic E-state index is -0.435. The molecule has 4 heteroatoms. The Kier molecular flexibility index (Phi) is 9.11. The molecular formula is C13H22O4. The summed E-state index contributed by atoms with van der Waals surface area (Å²) in [5.74, 6) is -0.768. The van der Waals surface area contributed by atoms with Gasteiger partial charge in [0.2, 0.25) is 0 Å². The minimum Gasteiger partial charge on any atom is -0.466 e. The Balaban J connectivity index is 4.09. The Morgan fingerprint density at radius 2 is 1.94 bits per heavy atom. The summed E-state index contributed by atoms with van der Waals surface area (Å²) in [5.41, 5.74) is 0. The Morgan fingerprint density at radius 3 is 2.47 bits per heavy atom. The summed E-state index contributed by atoms with van der Waals surface area (Å²) >= 11 is 0. The highest BCUT2D eigenvalue weighted by Gasteiger charge is 2.08. The molecule has 0 aliphatic heterocycles. The van der Waals surface area contributed by atoms with E-state index >= 15 is 0 Å². The smallest absolute Gasteiger partial charge is 0.330 e. The molecule has 1 unspecified atom stereocenters. The fourth-order valence-electron chi connectivity index (χ4n) is 1.43. The van der Waals surface area contributed by atoms with Gasteiger partial charge in [-0.25, -0.2) is 4.79 Å². The molecule has 17 heavy (non-hydrogen) atoms. The van der Waals surface area contributed by atoms with Crippen LogP contribution in [0.4, 0.5) is 0 Å². The van der Waals surface area contributed by atoms with Gasteiger partial charge in [-0.05, 0) is 18.9 Å². The number of methoxy groups -OCH3 is 1. The Morgan fingerprint density at radius 1 is 1.24 bits per heavy atom. The monoisotopic (exact) mass is 242 g/mol. The molecule has 0 N–H and O–H groups in total. The van der Waals surface area contributed by atoms with Gasteiger partial charge in [0.05, 0.1) is 7.11 Å². The zero-order valence-corrected chi connectivity index (χ0v) is 10.9. The maximum Gasteiger partial charge on any atom is 0.330 e. The lowest BCUT2D eigenvalue weighted by atomic mass is 10.1. The molecule has 0 bridgehead atoms. The van der Waals surface area contributed by atoms with Crippen LogP contribution in [0, 0.1) is 0 Å². The maximum absolute atomic E-state index is 10.9. The van der Waals surface area contributed by atoms with Gasteiger partial charge < -0.3 is 9.47 Å². The molecule has 0 spiro atoms. The lowest BCUT2D eigenvalue weighted by Crippen LogP contribution is -2.14. The van der Waals surface area contributed by atoms with E-state index in [1.165, 1.54) is 26.5 Å². The normalized spacial score (nSPS) is 12.4. The highest BCUT2D eigenvalue weighted by atomic mass is 16.5. The maximum atomic E-state index is 10.9. The van der Waals surface area contributed by atoms with E-state index in [-0.39, 0.29) is 12.1 Å². The summed E-state index contributed by atoms with van der Waals surface area (Å²) in [6.45, 7) is 3.51. The van der Waals surface area contributed by atoms with Crippen molar-refractivity contribution < 1.29 is 19.1 Å². The second-order valence-corrected chi connectivity index (χ2v) is 3.88. The average molecular weight is 242 g/mol. The van der Waals surface area contributed by atoms with E-state index in [0.29, 0.717) is 0 Å². The van der Waals surface area contributed by atoms with E-state index in [1.807, 2.05) is 0 Å². The van der Waals surface area contributed by atoms with Crippen molar-refractivity contribution in [3.8, 4) is 0 Å². The number of ether oxygens (including phenoxy) is 2. The van der Waals surface area contributed by atoms with Crippen LogP contribution in [-0.4, -0.2) is 25.2 Å². The minimum absolute atomic E-state index is 0.330. The first kappa shape index (κ1) is 15.7. The molecule has 1 atom stereocenters. The molecule has 0 aliphatic carbocycles. The highest BCUT2D eigenvalue weighted by molar-refractivity contribution is 5.81. The summed E-state index contributed by atoms with van der Waals surface area (Å²) in [5, 5.41) is 0. The van der Waals surface area contributed by atoms with Gasteiger partial charge in [-0.1, -0.05) is 26.2 Å². The first-order chi connectivity index (χ1) is 8.10. The van der Waals surface area contributed by atoms with Crippen molar-refractivity contribution in [2.24, 2.45) is 0 Å². The second-order valence-electron chi connectivity index (χ2n) is 3.88. The van der Waals surface area contributed by atoms with Crippen molar-refractivity contribution in [2.75, 3.05) is 7.11 Å². The predicted octanol–water partition coefficient (Wildman–Crippen LogP) is 2.62. The Bertz CT molecular complexity index is 258. The number of esters is 2. The third-order valence-electron chi connectivity index (χ3n) is 2.31. The van der Waals surface area contributed by atoms with Crippen LogP contribution >= 0.6 is 0 Å². The van der Waals surface area contributed by atoms with Crippen molar-refractivity contribution in [3.63, 3.8) is 0 Å². The molecular weight excluding hydrogens is 220 g/mol. The van der Waals surface area contributed by atoms with E-state index in [9.17, 15) is 9.59 Å². The van der Waals surface area contributed by atoms with Crippen LogP contribution in [0.3, 0.4) is 0 Å². The molecule has 98 valence electrons. The first-order valence-corrected chi connectivity index (χ1v) is 6.03. The Labute approximate surface area is 103 Å². The first-order valence-electron chi connectivity index (χ1n) is 6.03. The van der Waals surface area contributed by atoms with Gasteiger partial charge >= 0.3 is 11.9 Å². The van der Waals surface area contributed by atoms with Crippen molar-refractivity contribution >= 4 is 11.9 Å². The molecule has 0 fully saturated rings.